The summed E-state index contributed by atoms with van der Waals surface area (Å²) in [5.74, 6) is 0.363. The number of anilines is 1. The van der Waals surface area contributed by atoms with Gasteiger partial charge >= 0.3 is 0 Å². The van der Waals surface area contributed by atoms with Gasteiger partial charge in [-0.1, -0.05) is 18.2 Å². The van der Waals surface area contributed by atoms with Crippen LogP contribution in [-0.2, 0) is 11.2 Å². The maximum atomic E-state index is 13.9. The number of amides is 2. The summed E-state index contributed by atoms with van der Waals surface area (Å²) < 4.78 is 24.4. The summed E-state index contributed by atoms with van der Waals surface area (Å²) in [6.07, 6.45) is 1.51. The number of nitrogens with one attached hydrogen (secondary N) is 1. The molecule has 3 aromatic carbocycles. The first-order valence-electron chi connectivity index (χ1n) is 14.6. The van der Waals surface area contributed by atoms with E-state index in [0.717, 1.165) is 61.5 Å². The number of carbonyl (C=O) groups is 2. The monoisotopic (exact) mass is 572 g/mol. The van der Waals surface area contributed by atoms with Gasteiger partial charge in [0, 0.05) is 50.5 Å². The summed E-state index contributed by atoms with van der Waals surface area (Å²) in [5, 5.41) is 3.20. The summed E-state index contributed by atoms with van der Waals surface area (Å²) >= 11 is 0. The van der Waals surface area contributed by atoms with Crippen LogP contribution in [0.25, 0.3) is 0 Å². The molecule has 3 aliphatic heterocycles. The van der Waals surface area contributed by atoms with Crippen LogP contribution >= 0.6 is 0 Å². The number of rotatable bonds is 8. The van der Waals surface area contributed by atoms with Crippen molar-refractivity contribution in [1.29, 1.82) is 0 Å². The smallest absolute Gasteiger partial charge is 0.254 e. The summed E-state index contributed by atoms with van der Waals surface area (Å²) in [7, 11) is 3.21. The number of ether oxygens (including phenoxy) is 2. The standard InChI is InChI=1S/C33H37FN4O4/c1-41-28-20-22-12-15-38-31(27(22)21-29(28)42-2)30(25-6-3-4-7-26(25)33(38)40)32(39)35-13-5-14-36-16-18-37(19-17-36)24-10-8-23(34)9-11-24/h3-4,6-11,20-21,30-31H,5,12-19H2,1-2H3,(H,35,39). The fraction of sp³-hybridized carbons (Fsp3) is 0.394. The zero-order valence-electron chi connectivity index (χ0n) is 24.1. The summed E-state index contributed by atoms with van der Waals surface area (Å²) in [5.41, 5.74) is 4.40. The first kappa shape index (κ1) is 28.0. The van der Waals surface area contributed by atoms with Gasteiger partial charge in [0.2, 0.25) is 5.91 Å². The molecule has 0 saturated carbocycles. The van der Waals surface area contributed by atoms with Gasteiger partial charge in [0.15, 0.2) is 11.5 Å². The average molecular weight is 573 g/mol. The van der Waals surface area contributed by atoms with Gasteiger partial charge in [-0.05, 0) is 78.5 Å². The van der Waals surface area contributed by atoms with Crippen molar-refractivity contribution in [2.45, 2.75) is 24.8 Å². The van der Waals surface area contributed by atoms with Gasteiger partial charge in [-0.15, -0.1) is 0 Å². The molecule has 2 atom stereocenters. The van der Waals surface area contributed by atoms with Gasteiger partial charge in [0.1, 0.15) is 5.82 Å². The van der Waals surface area contributed by atoms with Crippen LogP contribution in [0.1, 0.15) is 45.4 Å². The normalized spacial score (nSPS) is 19.9. The number of hydrogen-bond donors (Lipinski definition) is 1. The van der Waals surface area contributed by atoms with Gasteiger partial charge in [0.05, 0.1) is 26.2 Å². The Bertz CT molecular complexity index is 1450. The van der Waals surface area contributed by atoms with E-state index in [9.17, 15) is 14.0 Å². The molecule has 0 bridgehead atoms. The third-order valence-electron chi connectivity index (χ3n) is 8.82. The second kappa shape index (κ2) is 12.0. The molecule has 1 saturated heterocycles. The van der Waals surface area contributed by atoms with E-state index in [-0.39, 0.29) is 17.6 Å². The Balaban J connectivity index is 1.14. The van der Waals surface area contributed by atoms with Crippen molar-refractivity contribution in [2.24, 2.45) is 0 Å². The topological polar surface area (TPSA) is 74.4 Å². The summed E-state index contributed by atoms with van der Waals surface area (Å²) in [4.78, 5) is 34.0. The highest BCUT2D eigenvalue weighted by molar-refractivity contribution is 6.01. The lowest BCUT2D eigenvalue weighted by Crippen LogP contribution is -2.50. The Kier molecular flexibility index (Phi) is 8.02. The molecule has 3 heterocycles. The molecular weight excluding hydrogens is 535 g/mol. The number of carbonyl (C=O) groups excluding carboxylic acids is 2. The maximum Gasteiger partial charge on any atom is 0.254 e. The van der Waals surface area contributed by atoms with Gasteiger partial charge in [0.25, 0.3) is 5.91 Å². The molecule has 3 aliphatic rings. The molecule has 6 rings (SSSR count). The fourth-order valence-electron chi connectivity index (χ4n) is 6.64. The van der Waals surface area contributed by atoms with Gasteiger partial charge in [-0.25, -0.2) is 4.39 Å². The van der Waals surface area contributed by atoms with Crippen molar-refractivity contribution < 1.29 is 23.5 Å². The third-order valence-corrected chi connectivity index (χ3v) is 8.82. The van der Waals surface area contributed by atoms with Crippen molar-refractivity contribution in [3.8, 4) is 11.5 Å². The van der Waals surface area contributed by atoms with Crippen LogP contribution in [0.2, 0.25) is 0 Å². The number of hydrogen-bond acceptors (Lipinski definition) is 6. The number of benzene rings is 3. The molecule has 2 unspecified atom stereocenters. The van der Waals surface area contributed by atoms with E-state index < -0.39 is 12.0 Å². The highest BCUT2D eigenvalue weighted by Crippen LogP contribution is 2.48. The Hall–Kier alpha value is -4.11. The van der Waals surface area contributed by atoms with Crippen LogP contribution < -0.4 is 19.7 Å². The molecule has 0 spiro atoms. The first-order valence-corrected chi connectivity index (χ1v) is 14.6. The van der Waals surface area contributed by atoms with Crippen LogP contribution in [0.4, 0.5) is 10.1 Å². The SMILES string of the molecule is COc1cc2c(cc1OC)C1C(C(=O)NCCCN3CCN(c4ccc(F)cc4)CC3)c3ccccc3C(=O)N1CC2. The maximum absolute atomic E-state index is 13.9. The Morgan fingerprint density at radius 1 is 0.929 bits per heavy atom. The van der Waals surface area contributed by atoms with Crippen molar-refractivity contribution in [2.75, 3.05) is 64.9 Å². The Labute approximate surface area is 246 Å². The zero-order valence-corrected chi connectivity index (χ0v) is 24.1. The van der Waals surface area contributed by atoms with Crippen LogP contribution in [0.3, 0.4) is 0 Å². The van der Waals surface area contributed by atoms with E-state index >= 15 is 0 Å². The van der Waals surface area contributed by atoms with Crippen LogP contribution in [-0.4, -0.2) is 81.6 Å². The molecule has 2 amide bonds. The number of halogens is 1. The van der Waals surface area contributed by atoms with Crippen LogP contribution in [0.5, 0.6) is 11.5 Å². The highest BCUT2D eigenvalue weighted by Gasteiger charge is 2.46. The number of fused-ring (bicyclic) bond motifs is 4. The predicted octanol–water partition coefficient (Wildman–Crippen LogP) is 4.01. The Morgan fingerprint density at radius 3 is 2.38 bits per heavy atom. The summed E-state index contributed by atoms with van der Waals surface area (Å²) in [6.45, 7) is 5.58. The molecule has 0 radical (unpaired) electrons. The minimum Gasteiger partial charge on any atom is -0.493 e. The third kappa shape index (κ3) is 5.29. The molecule has 1 N–H and O–H groups in total. The summed E-state index contributed by atoms with van der Waals surface area (Å²) in [6, 6.07) is 17.6. The molecule has 3 aromatic rings. The van der Waals surface area contributed by atoms with Crippen molar-refractivity contribution in [3.05, 3.63) is 88.7 Å². The average Bonchev–Trinajstić information content (AvgIpc) is 3.03. The van der Waals surface area contributed by atoms with Gasteiger partial charge < -0.3 is 24.6 Å². The predicted molar refractivity (Wildman–Crippen MR) is 159 cm³/mol. The highest BCUT2D eigenvalue weighted by atomic mass is 19.1. The second-order valence-corrected chi connectivity index (χ2v) is 11.1. The molecule has 42 heavy (non-hydrogen) atoms. The fourth-order valence-corrected chi connectivity index (χ4v) is 6.64. The molecule has 220 valence electrons. The number of nitrogens with zero attached hydrogens (tertiary/aromatic N) is 3. The van der Waals surface area contributed by atoms with Crippen LogP contribution in [0.15, 0.2) is 60.7 Å². The van der Waals surface area contributed by atoms with Crippen molar-refractivity contribution in [3.63, 3.8) is 0 Å². The number of methoxy groups -OCH3 is 2. The minimum absolute atomic E-state index is 0.0418. The molecular formula is C33H37FN4O4. The van der Waals surface area contributed by atoms with Gasteiger partial charge in [-0.3, -0.25) is 14.5 Å². The lowest BCUT2D eigenvalue weighted by atomic mass is 9.75. The minimum atomic E-state index is -0.532. The Morgan fingerprint density at radius 2 is 1.64 bits per heavy atom. The van der Waals surface area contributed by atoms with E-state index in [1.807, 2.05) is 53.4 Å². The van der Waals surface area contributed by atoms with Crippen LogP contribution in [0, 0.1) is 5.82 Å². The number of piperazine rings is 1. The largest absolute Gasteiger partial charge is 0.493 e. The lowest BCUT2D eigenvalue weighted by Gasteiger charge is -2.45. The molecule has 9 heteroatoms. The van der Waals surface area contributed by atoms with Gasteiger partial charge in [-0.2, -0.15) is 0 Å². The van der Waals surface area contributed by atoms with E-state index in [0.29, 0.717) is 36.6 Å². The van der Waals surface area contributed by atoms with E-state index in [1.165, 1.54) is 12.1 Å². The molecule has 0 aromatic heterocycles. The van der Waals surface area contributed by atoms with E-state index in [4.69, 9.17) is 9.47 Å². The molecule has 0 aliphatic carbocycles. The van der Waals surface area contributed by atoms with Crippen molar-refractivity contribution >= 4 is 17.5 Å². The van der Waals surface area contributed by atoms with E-state index in [2.05, 4.69) is 15.1 Å². The van der Waals surface area contributed by atoms with E-state index in [1.54, 1.807) is 14.2 Å². The molecule has 1 fully saturated rings. The lowest BCUT2D eigenvalue weighted by molar-refractivity contribution is -0.124. The molecule has 8 nitrogen and oxygen atoms in total. The quantitative estimate of drug-likeness (QED) is 0.412. The zero-order chi connectivity index (χ0) is 29.2. The van der Waals surface area contributed by atoms with Crippen molar-refractivity contribution in [1.82, 2.24) is 15.1 Å². The first-order chi connectivity index (χ1) is 20.5. The second-order valence-electron chi connectivity index (χ2n) is 11.1.